The van der Waals surface area contributed by atoms with E-state index in [-0.39, 0.29) is 22.1 Å². The van der Waals surface area contributed by atoms with Crippen molar-refractivity contribution < 1.29 is 4.42 Å². The van der Waals surface area contributed by atoms with Crippen LogP contribution in [-0.4, -0.2) is 4.57 Å². The Labute approximate surface area is 275 Å². The number of allylic oxidation sites excluding steroid dienone is 2. The van der Waals surface area contributed by atoms with Gasteiger partial charge < -0.3 is 8.98 Å². The predicted octanol–water partition coefficient (Wildman–Crippen LogP) is 11.7. The van der Waals surface area contributed by atoms with Crippen LogP contribution in [0.25, 0.3) is 68.9 Å². The summed E-state index contributed by atoms with van der Waals surface area (Å²) in [6.07, 6.45) is 0. The van der Waals surface area contributed by atoms with Gasteiger partial charge in [0.2, 0.25) is 0 Å². The van der Waals surface area contributed by atoms with Crippen LogP contribution in [0.5, 0.6) is 0 Å². The standard InChI is InChI=1S/C39H30N4OS2/c1-38(2,3)22-8-12-30-26(16-22)27-17-23(39(4,5)6)9-13-31(27)43(30)24-10-11-25-32(18-24)44-33-19-36(46-37(25)33)35-15-14-34(45-35)28(20-40)29(21-41)42-7/h8-19H,1-6H3/b29-28-. The van der Waals surface area contributed by atoms with E-state index in [0.717, 1.165) is 36.7 Å². The molecule has 4 aromatic heterocycles. The SMILES string of the molecule is [C-]#[N+]/C(C#N)=C(/C#N)c1ccc(-c2cc3oc4cc(-n5c6ccc(C(C)(C)C)cc6c6cc(C(C)(C)C)ccc65)ccc4c3s2)s1. The van der Waals surface area contributed by atoms with E-state index in [9.17, 15) is 10.5 Å². The minimum atomic E-state index is -0.190. The Hall–Kier alpha value is -5.13. The van der Waals surface area contributed by atoms with Crippen molar-refractivity contribution in [1.82, 2.24) is 4.57 Å². The number of thiophene rings is 2. The van der Waals surface area contributed by atoms with Crippen molar-refractivity contribution in [2.75, 3.05) is 0 Å². The molecular weight excluding hydrogens is 605 g/mol. The zero-order chi connectivity index (χ0) is 32.5. The summed E-state index contributed by atoms with van der Waals surface area (Å²) in [4.78, 5) is 5.81. The summed E-state index contributed by atoms with van der Waals surface area (Å²) >= 11 is 3.04. The van der Waals surface area contributed by atoms with E-state index in [1.807, 2.05) is 24.3 Å². The fourth-order valence-corrected chi connectivity index (χ4v) is 8.20. The maximum atomic E-state index is 9.58. The van der Waals surface area contributed by atoms with Crippen LogP contribution in [0.1, 0.15) is 57.5 Å². The van der Waals surface area contributed by atoms with Crippen LogP contribution in [0, 0.1) is 29.2 Å². The second-order valence-electron chi connectivity index (χ2n) is 13.6. The molecule has 0 saturated heterocycles. The second kappa shape index (κ2) is 10.5. The molecule has 7 heteroatoms. The van der Waals surface area contributed by atoms with Crippen LogP contribution in [0.3, 0.4) is 0 Å². The number of benzene rings is 3. The third kappa shape index (κ3) is 4.70. The maximum absolute atomic E-state index is 9.58. The Morgan fingerprint density at radius 2 is 1.37 bits per heavy atom. The van der Waals surface area contributed by atoms with Crippen molar-refractivity contribution in [2.45, 2.75) is 52.4 Å². The first-order valence-corrected chi connectivity index (χ1v) is 16.6. The third-order valence-corrected chi connectivity index (χ3v) is 11.0. The Bertz CT molecular complexity index is 2450. The number of hydrogen-bond donors (Lipinski definition) is 0. The highest BCUT2D eigenvalue weighted by Gasteiger charge is 2.22. The van der Waals surface area contributed by atoms with Crippen LogP contribution in [0.15, 0.2) is 82.9 Å². The van der Waals surface area contributed by atoms with Gasteiger partial charge in [0, 0.05) is 48.6 Å². The monoisotopic (exact) mass is 634 g/mol. The molecule has 0 aliphatic carbocycles. The molecule has 0 bridgehead atoms. The zero-order valence-electron chi connectivity index (χ0n) is 26.4. The van der Waals surface area contributed by atoms with Crippen molar-refractivity contribution in [3.05, 3.63) is 106 Å². The average molecular weight is 635 g/mol. The summed E-state index contributed by atoms with van der Waals surface area (Å²) in [5.74, 6) is 0. The van der Waals surface area contributed by atoms with Crippen LogP contribution < -0.4 is 0 Å². The lowest BCUT2D eigenvalue weighted by atomic mass is 9.85. The summed E-state index contributed by atoms with van der Waals surface area (Å²) in [5.41, 5.74) is 7.65. The van der Waals surface area contributed by atoms with Crippen LogP contribution in [0.2, 0.25) is 0 Å². The molecular formula is C39H30N4OS2. The van der Waals surface area contributed by atoms with E-state index in [4.69, 9.17) is 11.0 Å². The lowest BCUT2D eigenvalue weighted by molar-refractivity contribution is 0.590. The van der Waals surface area contributed by atoms with Gasteiger partial charge >= 0.3 is 0 Å². The number of nitrogens with zero attached hydrogens (tertiary/aromatic N) is 4. The van der Waals surface area contributed by atoms with Crippen molar-refractivity contribution in [3.63, 3.8) is 0 Å². The van der Waals surface area contributed by atoms with Gasteiger partial charge in [-0.1, -0.05) is 53.7 Å². The molecule has 0 aliphatic rings. The molecule has 0 aliphatic heterocycles. The Kier molecular flexibility index (Phi) is 6.73. The first-order valence-electron chi connectivity index (χ1n) is 15.0. The third-order valence-electron chi connectivity index (χ3n) is 8.54. The van der Waals surface area contributed by atoms with Crippen LogP contribution in [0.4, 0.5) is 0 Å². The van der Waals surface area contributed by atoms with Gasteiger partial charge in [0.25, 0.3) is 5.70 Å². The first kappa shape index (κ1) is 29.6. The largest absolute Gasteiger partial charge is 0.455 e. The molecule has 46 heavy (non-hydrogen) atoms. The lowest BCUT2D eigenvalue weighted by Crippen LogP contribution is -2.10. The maximum Gasteiger partial charge on any atom is 0.280 e. The predicted molar refractivity (Wildman–Crippen MR) is 191 cm³/mol. The summed E-state index contributed by atoms with van der Waals surface area (Å²) in [7, 11) is 0. The smallest absolute Gasteiger partial charge is 0.280 e. The van der Waals surface area contributed by atoms with Gasteiger partial charge in [0.15, 0.2) is 0 Å². The quantitative estimate of drug-likeness (QED) is 0.143. The summed E-state index contributed by atoms with van der Waals surface area (Å²) in [6.45, 7) is 20.8. The molecule has 0 amide bonds. The Morgan fingerprint density at radius 3 is 1.93 bits per heavy atom. The van der Waals surface area contributed by atoms with Crippen molar-refractivity contribution >= 4 is 71.3 Å². The van der Waals surface area contributed by atoms with E-state index >= 15 is 0 Å². The highest BCUT2D eigenvalue weighted by atomic mass is 32.1. The summed E-state index contributed by atoms with van der Waals surface area (Å²) in [6, 6.07) is 29.8. The molecule has 0 spiro atoms. The minimum absolute atomic E-state index is 0.0403. The highest BCUT2D eigenvalue weighted by Crippen LogP contribution is 2.44. The van der Waals surface area contributed by atoms with Gasteiger partial charge in [0.1, 0.15) is 11.2 Å². The molecule has 0 unspecified atom stereocenters. The van der Waals surface area contributed by atoms with Gasteiger partial charge in [-0.15, -0.1) is 22.7 Å². The van der Waals surface area contributed by atoms with Gasteiger partial charge in [-0.25, -0.2) is 10.1 Å². The molecule has 0 saturated carbocycles. The highest BCUT2D eigenvalue weighted by molar-refractivity contribution is 7.27. The van der Waals surface area contributed by atoms with Gasteiger partial charge in [-0.05, 0) is 70.5 Å². The number of furan rings is 1. The first-order chi connectivity index (χ1) is 21.9. The van der Waals surface area contributed by atoms with Crippen LogP contribution in [-0.2, 0) is 10.8 Å². The van der Waals surface area contributed by atoms with Crippen molar-refractivity contribution in [1.29, 1.82) is 10.5 Å². The summed E-state index contributed by atoms with van der Waals surface area (Å²) in [5, 5.41) is 22.4. The number of fused-ring (bicyclic) bond motifs is 6. The number of hydrogen-bond acceptors (Lipinski definition) is 5. The number of rotatable bonds is 3. The summed E-state index contributed by atoms with van der Waals surface area (Å²) < 4.78 is 9.86. The fourth-order valence-electron chi connectivity index (χ4n) is 6.00. The molecule has 5 nitrogen and oxygen atoms in total. The molecule has 3 aromatic carbocycles. The molecule has 7 rings (SSSR count). The Morgan fingerprint density at radius 1 is 0.717 bits per heavy atom. The van der Waals surface area contributed by atoms with Gasteiger partial charge in [0.05, 0.1) is 40.0 Å². The normalized spacial score (nSPS) is 12.8. The lowest BCUT2D eigenvalue weighted by Gasteiger charge is -2.19. The topological polar surface area (TPSA) is 70.0 Å². The molecule has 0 atom stereocenters. The average Bonchev–Trinajstić information content (AvgIpc) is 3.79. The van der Waals surface area contributed by atoms with Crippen LogP contribution >= 0.6 is 22.7 Å². The number of nitriles is 2. The molecule has 0 radical (unpaired) electrons. The number of aromatic nitrogens is 1. The molecule has 0 fully saturated rings. The minimum Gasteiger partial charge on any atom is -0.455 e. The van der Waals surface area contributed by atoms with Gasteiger partial charge in [-0.2, -0.15) is 5.26 Å². The fraction of sp³-hybridized carbons (Fsp3) is 0.205. The Balaban J connectivity index is 1.35. The van der Waals surface area contributed by atoms with E-state index in [1.54, 1.807) is 17.4 Å². The zero-order valence-corrected chi connectivity index (χ0v) is 28.1. The van der Waals surface area contributed by atoms with Gasteiger partial charge in [-0.3, -0.25) is 0 Å². The molecule has 0 N–H and O–H groups in total. The molecule has 7 aromatic rings. The molecule has 224 valence electrons. The van der Waals surface area contributed by atoms with E-state index in [1.165, 1.54) is 44.3 Å². The van der Waals surface area contributed by atoms with E-state index in [2.05, 4.69) is 106 Å². The van der Waals surface area contributed by atoms with E-state index < -0.39 is 0 Å². The van der Waals surface area contributed by atoms with Crippen molar-refractivity contribution in [2.24, 2.45) is 0 Å². The second-order valence-corrected chi connectivity index (χ2v) is 15.7. The molecule has 4 heterocycles. The van der Waals surface area contributed by atoms with Crippen molar-refractivity contribution in [3.8, 4) is 27.6 Å². The van der Waals surface area contributed by atoms with E-state index in [0.29, 0.717) is 4.88 Å².